The lowest BCUT2D eigenvalue weighted by Gasteiger charge is -2.08. The van der Waals surface area contributed by atoms with Crippen molar-refractivity contribution in [3.63, 3.8) is 0 Å². The van der Waals surface area contributed by atoms with Gasteiger partial charge in [0, 0.05) is 10.5 Å². The van der Waals surface area contributed by atoms with Crippen LogP contribution in [0.1, 0.15) is 10.5 Å². The maximum Gasteiger partial charge on any atom is 0.358 e. The van der Waals surface area contributed by atoms with Gasteiger partial charge in [0.05, 0.1) is 5.69 Å². The molecule has 0 aliphatic heterocycles. The lowest BCUT2D eigenvalue weighted by atomic mass is 10.1. The topological polar surface area (TPSA) is 68.0 Å². The molecule has 3 rings (SSSR count). The first-order valence-corrected chi connectivity index (χ1v) is 7.82. The van der Waals surface area contributed by atoms with Gasteiger partial charge < -0.3 is 5.11 Å². The van der Waals surface area contributed by atoms with Gasteiger partial charge in [0.25, 0.3) is 0 Å². The molecule has 0 saturated heterocycles. The second-order valence-corrected chi connectivity index (χ2v) is 5.45. The highest BCUT2D eigenvalue weighted by Gasteiger charge is 2.21. The van der Waals surface area contributed by atoms with Gasteiger partial charge >= 0.3 is 5.97 Å². The van der Waals surface area contributed by atoms with E-state index >= 15 is 0 Å². The monoisotopic (exact) mass is 311 g/mol. The number of rotatable bonds is 4. The molecule has 0 amide bonds. The Labute approximate surface area is 131 Å². The summed E-state index contributed by atoms with van der Waals surface area (Å²) in [6, 6.07) is 17.0. The average Bonchev–Trinajstić information content (AvgIpc) is 3.01. The van der Waals surface area contributed by atoms with Gasteiger partial charge in [-0.25, -0.2) is 9.48 Å². The van der Waals surface area contributed by atoms with Crippen molar-refractivity contribution in [3.8, 4) is 16.9 Å². The van der Waals surface area contributed by atoms with Crippen LogP contribution in [0.25, 0.3) is 16.9 Å². The number of carboxylic acids is 1. The molecule has 0 atom stereocenters. The molecule has 0 saturated carbocycles. The molecule has 1 N–H and O–H groups in total. The fourth-order valence-corrected chi connectivity index (χ4v) is 2.66. The highest BCUT2D eigenvalue weighted by atomic mass is 32.2. The standard InChI is InChI=1S/C16H13N3O2S/c1-22-13-9-5-8-12(10-13)19-15(11-6-3-2-4-7-11)14(16(20)21)17-18-19/h2-10H,1H3,(H,20,21). The first kappa shape index (κ1) is 14.3. The van der Waals surface area contributed by atoms with Crippen LogP contribution in [-0.4, -0.2) is 32.3 Å². The molecular weight excluding hydrogens is 298 g/mol. The van der Waals surface area contributed by atoms with Crippen LogP contribution in [0.5, 0.6) is 0 Å². The van der Waals surface area contributed by atoms with Gasteiger partial charge in [0.1, 0.15) is 5.69 Å². The Balaban J connectivity index is 2.22. The van der Waals surface area contributed by atoms with Crippen molar-refractivity contribution < 1.29 is 9.90 Å². The summed E-state index contributed by atoms with van der Waals surface area (Å²) in [4.78, 5) is 12.5. The van der Waals surface area contributed by atoms with E-state index in [2.05, 4.69) is 10.3 Å². The largest absolute Gasteiger partial charge is 0.476 e. The van der Waals surface area contributed by atoms with Crippen molar-refractivity contribution in [1.82, 2.24) is 15.0 Å². The normalized spacial score (nSPS) is 10.6. The Morgan fingerprint density at radius 1 is 1.14 bits per heavy atom. The van der Waals surface area contributed by atoms with Gasteiger partial charge in [-0.3, -0.25) is 0 Å². The molecule has 110 valence electrons. The number of carbonyl (C=O) groups is 1. The third-order valence-electron chi connectivity index (χ3n) is 3.22. The van der Waals surface area contributed by atoms with Crippen molar-refractivity contribution in [2.24, 2.45) is 0 Å². The molecule has 0 aliphatic rings. The lowest BCUT2D eigenvalue weighted by Crippen LogP contribution is -2.03. The van der Waals surface area contributed by atoms with E-state index in [1.165, 1.54) is 0 Å². The first-order chi connectivity index (χ1) is 10.7. The third kappa shape index (κ3) is 2.60. The first-order valence-electron chi connectivity index (χ1n) is 6.59. The molecule has 22 heavy (non-hydrogen) atoms. The van der Waals surface area contributed by atoms with Crippen molar-refractivity contribution in [2.75, 3.05) is 6.26 Å². The predicted octanol–water partition coefficient (Wildman–Crippen LogP) is 3.35. The molecule has 5 nitrogen and oxygen atoms in total. The van der Waals surface area contributed by atoms with Crippen LogP contribution in [0.4, 0.5) is 0 Å². The molecule has 6 heteroatoms. The number of nitrogens with zero attached hydrogens (tertiary/aromatic N) is 3. The van der Waals surface area contributed by atoms with Crippen LogP contribution in [0.2, 0.25) is 0 Å². The SMILES string of the molecule is CSc1cccc(-n2nnc(C(=O)O)c2-c2ccccc2)c1. The third-order valence-corrected chi connectivity index (χ3v) is 3.94. The summed E-state index contributed by atoms with van der Waals surface area (Å²) in [6.45, 7) is 0. The molecule has 0 radical (unpaired) electrons. The molecule has 0 fully saturated rings. The fourth-order valence-electron chi connectivity index (χ4n) is 2.20. The number of aromatic carboxylic acids is 1. The van der Waals surface area contributed by atoms with E-state index in [1.807, 2.05) is 60.9 Å². The Hall–Kier alpha value is -2.60. The molecule has 2 aromatic carbocycles. The van der Waals surface area contributed by atoms with Crippen LogP contribution in [0.15, 0.2) is 59.5 Å². The van der Waals surface area contributed by atoms with Gasteiger partial charge in [-0.05, 0) is 24.5 Å². The summed E-state index contributed by atoms with van der Waals surface area (Å²) >= 11 is 1.61. The summed E-state index contributed by atoms with van der Waals surface area (Å²) in [5, 5.41) is 17.2. The van der Waals surface area contributed by atoms with Crippen molar-refractivity contribution in [3.05, 3.63) is 60.3 Å². The highest BCUT2D eigenvalue weighted by molar-refractivity contribution is 7.98. The quantitative estimate of drug-likeness (QED) is 0.748. The highest BCUT2D eigenvalue weighted by Crippen LogP contribution is 2.26. The zero-order valence-corrected chi connectivity index (χ0v) is 12.6. The Kier molecular flexibility index (Phi) is 3.93. The molecule has 1 heterocycles. The molecule has 0 bridgehead atoms. The summed E-state index contributed by atoms with van der Waals surface area (Å²) in [6.07, 6.45) is 1.99. The van der Waals surface area contributed by atoms with Crippen molar-refractivity contribution in [1.29, 1.82) is 0 Å². The Morgan fingerprint density at radius 3 is 2.59 bits per heavy atom. The molecule has 0 unspecified atom stereocenters. The maximum absolute atomic E-state index is 11.4. The van der Waals surface area contributed by atoms with Crippen LogP contribution in [-0.2, 0) is 0 Å². The van der Waals surface area contributed by atoms with Gasteiger partial charge in [-0.15, -0.1) is 16.9 Å². The average molecular weight is 311 g/mol. The summed E-state index contributed by atoms with van der Waals surface area (Å²) in [5.41, 5.74) is 1.97. The molecule has 0 aliphatic carbocycles. The summed E-state index contributed by atoms with van der Waals surface area (Å²) in [7, 11) is 0. The van der Waals surface area contributed by atoms with Gasteiger partial charge in [-0.1, -0.05) is 41.6 Å². The number of aromatic nitrogens is 3. The van der Waals surface area contributed by atoms with Crippen LogP contribution >= 0.6 is 11.8 Å². The van der Waals surface area contributed by atoms with Gasteiger partial charge in [0.15, 0.2) is 5.69 Å². The molecule has 1 aromatic heterocycles. The summed E-state index contributed by atoms with van der Waals surface area (Å²) < 4.78 is 1.57. The van der Waals surface area contributed by atoms with E-state index in [0.29, 0.717) is 5.69 Å². The second kappa shape index (κ2) is 6.03. The minimum atomic E-state index is -1.09. The van der Waals surface area contributed by atoms with Crippen LogP contribution in [0.3, 0.4) is 0 Å². The van der Waals surface area contributed by atoms with E-state index in [1.54, 1.807) is 16.4 Å². The van der Waals surface area contributed by atoms with Crippen LogP contribution < -0.4 is 0 Å². The Morgan fingerprint density at radius 2 is 1.91 bits per heavy atom. The van der Waals surface area contributed by atoms with Gasteiger partial charge in [0.2, 0.25) is 0 Å². The van der Waals surface area contributed by atoms with E-state index in [-0.39, 0.29) is 5.69 Å². The predicted molar refractivity (Wildman–Crippen MR) is 85.5 cm³/mol. The number of hydrogen-bond donors (Lipinski definition) is 1. The minimum Gasteiger partial charge on any atom is -0.476 e. The lowest BCUT2D eigenvalue weighted by molar-refractivity contribution is 0.0691. The van der Waals surface area contributed by atoms with Crippen molar-refractivity contribution >= 4 is 17.7 Å². The fraction of sp³-hybridized carbons (Fsp3) is 0.0625. The van der Waals surface area contributed by atoms with Crippen LogP contribution in [0, 0.1) is 0 Å². The number of benzene rings is 2. The maximum atomic E-state index is 11.4. The van der Waals surface area contributed by atoms with E-state index in [4.69, 9.17) is 0 Å². The van der Waals surface area contributed by atoms with E-state index in [9.17, 15) is 9.90 Å². The zero-order valence-electron chi connectivity index (χ0n) is 11.8. The zero-order chi connectivity index (χ0) is 15.5. The minimum absolute atomic E-state index is 0.0549. The second-order valence-electron chi connectivity index (χ2n) is 4.57. The molecule has 3 aromatic rings. The number of thioether (sulfide) groups is 1. The molecular formula is C16H13N3O2S. The van der Waals surface area contributed by atoms with Crippen molar-refractivity contribution in [2.45, 2.75) is 4.90 Å². The van der Waals surface area contributed by atoms with E-state index < -0.39 is 5.97 Å². The van der Waals surface area contributed by atoms with Gasteiger partial charge in [-0.2, -0.15) is 0 Å². The number of hydrogen-bond acceptors (Lipinski definition) is 4. The number of carboxylic acid groups (broad SMARTS) is 1. The van der Waals surface area contributed by atoms with E-state index in [0.717, 1.165) is 16.1 Å². The summed E-state index contributed by atoms with van der Waals surface area (Å²) in [5.74, 6) is -1.09. The smallest absolute Gasteiger partial charge is 0.358 e. The molecule has 0 spiro atoms. The Bertz CT molecular complexity index is 815.